The highest BCUT2D eigenvalue weighted by Gasteiger charge is 2.65. The second kappa shape index (κ2) is 6.18. The average Bonchev–Trinajstić information content (AvgIpc) is 3.33. The van der Waals surface area contributed by atoms with E-state index in [0.717, 1.165) is 52.2 Å². The number of amides is 1. The zero-order valence-electron chi connectivity index (χ0n) is 16.6. The van der Waals surface area contributed by atoms with Crippen molar-refractivity contribution in [2.24, 2.45) is 23.2 Å². The number of nitrogens with zero attached hydrogens (tertiary/aromatic N) is 2. The Morgan fingerprint density at radius 3 is 2.63 bits per heavy atom. The number of esters is 1. The molecule has 0 aromatic rings. The van der Waals surface area contributed by atoms with Gasteiger partial charge in [-0.25, -0.2) is 0 Å². The molecule has 0 radical (unpaired) electrons. The molecule has 0 bridgehead atoms. The second-order valence-corrected chi connectivity index (χ2v) is 9.91. The summed E-state index contributed by atoms with van der Waals surface area (Å²) < 4.78 is 11.9. The van der Waals surface area contributed by atoms with Crippen molar-refractivity contribution in [3.05, 3.63) is 0 Å². The number of piperazine rings is 1. The van der Waals surface area contributed by atoms with Crippen molar-refractivity contribution in [2.45, 2.75) is 57.7 Å². The smallest absolute Gasteiger partial charge is 0.310 e. The topological polar surface area (TPSA) is 62.4 Å². The number of hydrogen-bond acceptors (Lipinski definition) is 5. The quantitative estimate of drug-likeness (QED) is 0.542. The number of fused-ring (bicyclic) bond motifs is 3. The van der Waals surface area contributed by atoms with E-state index in [9.17, 15) is 9.59 Å². The van der Waals surface area contributed by atoms with Crippen LogP contribution < -0.4 is 0 Å². The Bertz CT molecular complexity index is 640. The lowest BCUT2D eigenvalue weighted by molar-refractivity contribution is -0.147. The molecule has 5 rings (SSSR count). The van der Waals surface area contributed by atoms with Crippen LogP contribution in [0.4, 0.5) is 0 Å². The molecule has 3 aliphatic heterocycles. The normalized spacial score (nSPS) is 46.7. The minimum atomic E-state index is -0.0128. The van der Waals surface area contributed by atoms with E-state index in [0.29, 0.717) is 11.8 Å². The number of carbonyl (C=O) groups excluding carboxylic acids is 2. The number of ether oxygens (including phenoxy) is 2. The molecule has 0 aromatic carbocycles. The van der Waals surface area contributed by atoms with Crippen molar-refractivity contribution in [2.75, 3.05) is 39.3 Å². The van der Waals surface area contributed by atoms with Crippen LogP contribution in [0.25, 0.3) is 0 Å². The van der Waals surface area contributed by atoms with Crippen LogP contribution in [0, 0.1) is 23.2 Å². The first-order valence-corrected chi connectivity index (χ1v) is 10.7. The number of rotatable bonds is 2. The Labute approximate surface area is 161 Å². The fraction of sp³-hybridized carbons (Fsp3) is 0.905. The molecule has 3 heterocycles. The zero-order chi connectivity index (χ0) is 18.8. The summed E-state index contributed by atoms with van der Waals surface area (Å²) in [4.78, 5) is 28.5. The predicted octanol–water partition coefficient (Wildman–Crippen LogP) is 1.68. The van der Waals surface area contributed by atoms with Gasteiger partial charge in [-0.3, -0.25) is 14.5 Å². The summed E-state index contributed by atoms with van der Waals surface area (Å²) in [7, 11) is 0. The average molecular weight is 376 g/mol. The first kappa shape index (κ1) is 17.9. The Kier molecular flexibility index (Phi) is 4.10. The van der Waals surface area contributed by atoms with Gasteiger partial charge in [0.25, 0.3) is 0 Å². The van der Waals surface area contributed by atoms with E-state index < -0.39 is 0 Å². The van der Waals surface area contributed by atoms with Crippen LogP contribution in [0.1, 0.15) is 46.0 Å². The highest BCUT2D eigenvalue weighted by Crippen LogP contribution is 2.62. The van der Waals surface area contributed by atoms with E-state index in [1.807, 2.05) is 4.90 Å². The number of carbonyl (C=O) groups is 2. The van der Waals surface area contributed by atoms with Gasteiger partial charge in [0.05, 0.1) is 18.1 Å². The minimum absolute atomic E-state index is 0.00649. The Hall–Kier alpha value is -1.14. The maximum absolute atomic E-state index is 12.7. The highest BCUT2D eigenvalue weighted by atomic mass is 16.6. The van der Waals surface area contributed by atoms with E-state index in [-0.39, 0.29) is 34.9 Å². The van der Waals surface area contributed by atoms with Gasteiger partial charge in [-0.05, 0) is 43.4 Å². The van der Waals surface area contributed by atoms with Crippen molar-refractivity contribution in [1.82, 2.24) is 9.80 Å². The van der Waals surface area contributed by atoms with E-state index in [1.165, 1.54) is 19.3 Å². The van der Waals surface area contributed by atoms with Gasteiger partial charge in [0.1, 0.15) is 6.10 Å². The van der Waals surface area contributed by atoms with Crippen LogP contribution in [-0.2, 0) is 19.1 Å². The van der Waals surface area contributed by atoms with Crippen molar-refractivity contribution < 1.29 is 19.1 Å². The fourth-order valence-electron chi connectivity index (χ4n) is 6.69. The molecular weight excluding hydrogens is 344 g/mol. The lowest BCUT2D eigenvalue weighted by Crippen LogP contribution is -2.52. The summed E-state index contributed by atoms with van der Waals surface area (Å²) >= 11 is 0. The van der Waals surface area contributed by atoms with Crippen LogP contribution in [0.5, 0.6) is 0 Å². The van der Waals surface area contributed by atoms with E-state index in [1.54, 1.807) is 6.92 Å². The van der Waals surface area contributed by atoms with Crippen LogP contribution in [0.2, 0.25) is 0 Å². The van der Waals surface area contributed by atoms with Gasteiger partial charge in [-0.1, -0.05) is 6.92 Å². The number of hydrogen-bond donors (Lipinski definition) is 0. The Balaban J connectivity index is 1.28. The summed E-state index contributed by atoms with van der Waals surface area (Å²) in [5, 5.41) is 0. The largest absolute Gasteiger partial charge is 0.462 e. The SMILES string of the molecule is CC(=O)N1CCN(C[C@H]2C(=O)O[C@@H]3C[C@@]4(C)CCC[C@@]5(CO5)[C@@H]4C[C@@H]32)CC1. The molecule has 0 aromatic heterocycles. The van der Waals surface area contributed by atoms with Crippen molar-refractivity contribution in [1.29, 1.82) is 0 Å². The summed E-state index contributed by atoms with van der Waals surface area (Å²) in [6.07, 6.45) is 5.84. The molecule has 1 spiro atoms. The molecule has 6 nitrogen and oxygen atoms in total. The minimum Gasteiger partial charge on any atom is -0.462 e. The van der Waals surface area contributed by atoms with Crippen LogP contribution in [-0.4, -0.2) is 72.7 Å². The van der Waals surface area contributed by atoms with Gasteiger partial charge in [-0.2, -0.15) is 0 Å². The van der Waals surface area contributed by atoms with Gasteiger partial charge in [0, 0.05) is 45.6 Å². The predicted molar refractivity (Wildman–Crippen MR) is 98.9 cm³/mol. The van der Waals surface area contributed by atoms with Gasteiger partial charge >= 0.3 is 5.97 Å². The van der Waals surface area contributed by atoms with Gasteiger partial charge in [0.2, 0.25) is 5.91 Å². The third-order valence-corrected chi connectivity index (χ3v) is 8.35. The molecule has 2 saturated carbocycles. The van der Waals surface area contributed by atoms with Crippen LogP contribution >= 0.6 is 0 Å². The summed E-state index contributed by atoms with van der Waals surface area (Å²) in [6, 6.07) is 0. The molecule has 3 saturated heterocycles. The molecule has 6 atom stereocenters. The molecule has 0 N–H and O–H groups in total. The monoisotopic (exact) mass is 376 g/mol. The lowest BCUT2D eigenvalue weighted by Gasteiger charge is -2.51. The third-order valence-electron chi connectivity index (χ3n) is 8.35. The van der Waals surface area contributed by atoms with Crippen LogP contribution in [0.15, 0.2) is 0 Å². The summed E-state index contributed by atoms with van der Waals surface area (Å²) in [5.74, 6) is 1.05. The third kappa shape index (κ3) is 2.91. The van der Waals surface area contributed by atoms with Gasteiger partial charge in [0.15, 0.2) is 0 Å². The maximum atomic E-state index is 12.7. The molecule has 150 valence electrons. The van der Waals surface area contributed by atoms with Crippen molar-refractivity contribution in [3.8, 4) is 0 Å². The Morgan fingerprint density at radius 2 is 1.96 bits per heavy atom. The molecule has 27 heavy (non-hydrogen) atoms. The molecule has 6 heteroatoms. The van der Waals surface area contributed by atoms with Crippen LogP contribution in [0.3, 0.4) is 0 Å². The van der Waals surface area contributed by atoms with Gasteiger partial charge in [-0.15, -0.1) is 0 Å². The molecule has 1 amide bonds. The molecule has 5 aliphatic rings. The zero-order valence-corrected chi connectivity index (χ0v) is 16.6. The van der Waals surface area contributed by atoms with Crippen molar-refractivity contribution in [3.63, 3.8) is 0 Å². The van der Waals surface area contributed by atoms with E-state index in [2.05, 4.69) is 11.8 Å². The summed E-state index contributed by atoms with van der Waals surface area (Å²) in [5.41, 5.74) is 0.374. The maximum Gasteiger partial charge on any atom is 0.310 e. The van der Waals surface area contributed by atoms with Gasteiger partial charge < -0.3 is 14.4 Å². The second-order valence-electron chi connectivity index (χ2n) is 9.91. The molecular formula is C21H32N2O4. The van der Waals surface area contributed by atoms with Crippen molar-refractivity contribution >= 4 is 11.9 Å². The lowest BCUT2D eigenvalue weighted by atomic mass is 9.53. The Morgan fingerprint density at radius 1 is 1.22 bits per heavy atom. The standard InChI is InChI=1S/C21H32N2O4/c1-14(24)23-8-6-22(7-9-23)12-16-15-10-18-20(2,11-17(15)27-19(16)25)4-3-5-21(18)13-26-21/h15-18H,3-13H2,1-2H3/t15-,16-,17-,18-,20-,21-/m1/s1. The fourth-order valence-corrected chi connectivity index (χ4v) is 6.69. The number of epoxide rings is 1. The first-order valence-electron chi connectivity index (χ1n) is 10.7. The summed E-state index contributed by atoms with van der Waals surface area (Å²) in [6.45, 7) is 8.97. The molecule has 2 aliphatic carbocycles. The molecule has 0 unspecified atom stereocenters. The van der Waals surface area contributed by atoms with E-state index in [4.69, 9.17) is 9.47 Å². The highest BCUT2D eigenvalue weighted by molar-refractivity contribution is 5.76. The first-order chi connectivity index (χ1) is 12.9. The van der Waals surface area contributed by atoms with E-state index >= 15 is 0 Å². The molecule has 5 fully saturated rings.